The molecule has 35 heavy (non-hydrogen) atoms. The molecule has 6 heteroatoms. The Morgan fingerprint density at radius 2 is 1.63 bits per heavy atom. The number of hydrogen-bond acceptors (Lipinski definition) is 4. The third-order valence-electron chi connectivity index (χ3n) is 6.39. The van der Waals surface area contributed by atoms with E-state index in [9.17, 15) is 9.59 Å². The molecule has 2 aromatic carbocycles. The second-order valence-electron chi connectivity index (χ2n) is 8.85. The van der Waals surface area contributed by atoms with Crippen molar-refractivity contribution < 1.29 is 14.0 Å². The number of furan rings is 1. The lowest BCUT2D eigenvalue weighted by molar-refractivity contribution is -0.133. The van der Waals surface area contributed by atoms with Crippen LogP contribution in [0.2, 0.25) is 0 Å². The number of nitrogens with zero attached hydrogens (tertiary/aromatic N) is 3. The largest absolute Gasteiger partial charge is 0.469 e. The van der Waals surface area contributed by atoms with Crippen molar-refractivity contribution in [2.75, 3.05) is 39.3 Å². The summed E-state index contributed by atoms with van der Waals surface area (Å²) in [5.74, 6) is 0.582. The van der Waals surface area contributed by atoms with Gasteiger partial charge in [-0.3, -0.25) is 14.5 Å². The first-order valence-corrected chi connectivity index (χ1v) is 12.2. The highest BCUT2D eigenvalue weighted by Crippen LogP contribution is 2.16. The van der Waals surface area contributed by atoms with E-state index in [0.29, 0.717) is 43.9 Å². The second-order valence-corrected chi connectivity index (χ2v) is 8.85. The first-order valence-electron chi connectivity index (χ1n) is 12.2. The minimum absolute atomic E-state index is 0.0965. The molecule has 4 rings (SSSR count). The standard InChI is InChI=1S/C29H33N3O3/c1-24-27(15-22-35-24)29(34)32(23-26-11-6-3-7-12-26)17-14-28(33)31-20-18-30(19-21-31)16-8-13-25-9-4-2-5-10-25/h2-13,15,22H,14,16-21,23H2,1H3/b13-8+. The number of rotatable bonds is 9. The molecule has 0 N–H and O–H groups in total. The van der Waals surface area contributed by atoms with E-state index in [2.05, 4.69) is 29.2 Å². The van der Waals surface area contributed by atoms with Gasteiger partial charge in [-0.05, 0) is 24.1 Å². The minimum atomic E-state index is -0.108. The molecule has 3 aromatic rings. The summed E-state index contributed by atoms with van der Waals surface area (Å²) in [5, 5.41) is 0. The summed E-state index contributed by atoms with van der Waals surface area (Å²) >= 11 is 0. The number of carbonyl (C=O) groups is 2. The number of benzene rings is 2. The lowest BCUT2D eigenvalue weighted by atomic mass is 10.1. The van der Waals surface area contributed by atoms with Crippen LogP contribution < -0.4 is 0 Å². The Labute approximate surface area is 207 Å². The van der Waals surface area contributed by atoms with Crippen LogP contribution >= 0.6 is 0 Å². The van der Waals surface area contributed by atoms with Crippen molar-refractivity contribution in [3.8, 4) is 0 Å². The van der Waals surface area contributed by atoms with E-state index in [0.717, 1.165) is 25.2 Å². The Balaban J connectivity index is 1.28. The van der Waals surface area contributed by atoms with Crippen molar-refractivity contribution in [3.05, 3.63) is 102 Å². The van der Waals surface area contributed by atoms with Crippen molar-refractivity contribution in [3.63, 3.8) is 0 Å². The highest BCUT2D eigenvalue weighted by atomic mass is 16.3. The number of carbonyl (C=O) groups excluding carboxylic acids is 2. The number of aryl methyl sites for hydroxylation is 1. The molecule has 0 spiro atoms. The maximum atomic E-state index is 13.2. The molecule has 2 heterocycles. The highest BCUT2D eigenvalue weighted by molar-refractivity contribution is 5.95. The van der Waals surface area contributed by atoms with Crippen molar-refractivity contribution in [1.29, 1.82) is 0 Å². The molecular formula is C29H33N3O3. The van der Waals surface area contributed by atoms with Crippen LogP contribution in [0.3, 0.4) is 0 Å². The van der Waals surface area contributed by atoms with Gasteiger partial charge in [-0.1, -0.05) is 72.8 Å². The Morgan fingerprint density at radius 3 is 2.29 bits per heavy atom. The average molecular weight is 472 g/mol. The predicted molar refractivity (Wildman–Crippen MR) is 138 cm³/mol. The SMILES string of the molecule is Cc1occc1C(=O)N(CCC(=O)N1CCN(C/C=C/c2ccccc2)CC1)Cc1ccccc1. The number of hydrogen-bond donors (Lipinski definition) is 0. The van der Waals surface area contributed by atoms with Crippen LogP contribution in [0, 0.1) is 6.92 Å². The van der Waals surface area contributed by atoms with E-state index in [1.54, 1.807) is 17.9 Å². The first-order chi connectivity index (χ1) is 17.1. The van der Waals surface area contributed by atoms with Crippen molar-refractivity contribution in [1.82, 2.24) is 14.7 Å². The summed E-state index contributed by atoms with van der Waals surface area (Å²) < 4.78 is 5.34. The quantitative estimate of drug-likeness (QED) is 0.462. The summed E-state index contributed by atoms with van der Waals surface area (Å²) in [6.07, 6.45) is 6.15. The van der Waals surface area contributed by atoms with E-state index >= 15 is 0 Å². The lowest BCUT2D eigenvalue weighted by Gasteiger charge is -2.34. The first kappa shape index (κ1) is 24.5. The number of amides is 2. The molecule has 0 atom stereocenters. The van der Waals surface area contributed by atoms with Crippen molar-refractivity contribution >= 4 is 17.9 Å². The molecular weight excluding hydrogens is 438 g/mol. The fraction of sp³-hybridized carbons (Fsp3) is 0.310. The molecule has 0 bridgehead atoms. The van der Waals surface area contributed by atoms with Gasteiger partial charge in [-0.2, -0.15) is 0 Å². The molecule has 182 valence electrons. The lowest BCUT2D eigenvalue weighted by Crippen LogP contribution is -2.49. The van der Waals surface area contributed by atoms with Crippen LogP contribution in [-0.2, 0) is 11.3 Å². The van der Waals surface area contributed by atoms with Gasteiger partial charge in [-0.15, -0.1) is 0 Å². The van der Waals surface area contributed by atoms with Crippen LogP contribution in [0.1, 0.15) is 33.7 Å². The van der Waals surface area contributed by atoms with Gasteiger partial charge >= 0.3 is 0 Å². The van der Waals surface area contributed by atoms with Crippen LogP contribution in [-0.4, -0.2) is 65.8 Å². The monoisotopic (exact) mass is 471 g/mol. The molecule has 6 nitrogen and oxygen atoms in total. The summed E-state index contributed by atoms with van der Waals surface area (Å²) in [6.45, 7) is 6.62. The van der Waals surface area contributed by atoms with E-state index in [1.807, 2.05) is 53.4 Å². The maximum absolute atomic E-state index is 13.2. The third kappa shape index (κ3) is 6.93. The van der Waals surface area contributed by atoms with Crippen LogP contribution in [0.5, 0.6) is 0 Å². The minimum Gasteiger partial charge on any atom is -0.469 e. The fourth-order valence-corrected chi connectivity index (χ4v) is 4.30. The van der Waals surface area contributed by atoms with E-state index in [-0.39, 0.29) is 11.8 Å². The van der Waals surface area contributed by atoms with Crippen LogP contribution in [0.15, 0.2) is 83.5 Å². The van der Waals surface area contributed by atoms with Crippen molar-refractivity contribution in [2.24, 2.45) is 0 Å². The Bertz CT molecular complexity index is 1120. The van der Waals surface area contributed by atoms with Gasteiger partial charge in [0.15, 0.2) is 0 Å². The average Bonchev–Trinajstić information content (AvgIpc) is 3.33. The molecule has 0 radical (unpaired) electrons. The number of piperazine rings is 1. The molecule has 0 saturated carbocycles. The second kappa shape index (κ2) is 12.2. The van der Waals surface area contributed by atoms with Gasteiger partial charge in [0.2, 0.25) is 5.91 Å². The summed E-state index contributed by atoms with van der Waals surface area (Å²) in [7, 11) is 0. The zero-order valence-corrected chi connectivity index (χ0v) is 20.3. The molecule has 1 aromatic heterocycles. The Hall–Kier alpha value is -3.64. The van der Waals surface area contributed by atoms with Gasteiger partial charge in [0.05, 0.1) is 11.8 Å². The van der Waals surface area contributed by atoms with Gasteiger partial charge in [0.25, 0.3) is 5.91 Å². The summed E-state index contributed by atoms with van der Waals surface area (Å²) in [5.41, 5.74) is 2.78. The zero-order chi connectivity index (χ0) is 24.5. The normalized spacial score (nSPS) is 14.4. The third-order valence-corrected chi connectivity index (χ3v) is 6.39. The molecule has 1 aliphatic rings. The topological polar surface area (TPSA) is 57.0 Å². The van der Waals surface area contributed by atoms with Gasteiger partial charge in [0, 0.05) is 52.2 Å². The summed E-state index contributed by atoms with van der Waals surface area (Å²) in [4.78, 5) is 32.2. The van der Waals surface area contributed by atoms with E-state index in [1.165, 1.54) is 11.8 Å². The molecule has 0 unspecified atom stereocenters. The van der Waals surface area contributed by atoms with Gasteiger partial charge < -0.3 is 14.2 Å². The van der Waals surface area contributed by atoms with Gasteiger partial charge in [0.1, 0.15) is 5.76 Å². The zero-order valence-electron chi connectivity index (χ0n) is 20.3. The predicted octanol–water partition coefficient (Wildman–Crippen LogP) is 4.48. The Morgan fingerprint density at radius 1 is 0.943 bits per heavy atom. The molecule has 2 amide bonds. The molecule has 1 aliphatic heterocycles. The fourth-order valence-electron chi connectivity index (χ4n) is 4.30. The molecule has 1 fully saturated rings. The van der Waals surface area contributed by atoms with Crippen molar-refractivity contribution in [2.45, 2.75) is 19.9 Å². The maximum Gasteiger partial charge on any atom is 0.257 e. The molecule has 1 saturated heterocycles. The molecule has 0 aliphatic carbocycles. The van der Waals surface area contributed by atoms with Crippen LogP contribution in [0.25, 0.3) is 6.08 Å². The van der Waals surface area contributed by atoms with Crippen LogP contribution in [0.4, 0.5) is 0 Å². The Kier molecular flexibility index (Phi) is 8.52. The summed E-state index contributed by atoms with van der Waals surface area (Å²) in [6, 6.07) is 21.8. The smallest absolute Gasteiger partial charge is 0.257 e. The van der Waals surface area contributed by atoms with Gasteiger partial charge in [-0.25, -0.2) is 0 Å². The van der Waals surface area contributed by atoms with E-state index in [4.69, 9.17) is 4.42 Å². The highest BCUT2D eigenvalue weighted by Gasteiger charge is 2.24. The van der Waals surface area contributed by atoms with E-state index < -0.39 is 0 Å².